The van der Waals surface area contributed by atoms with Crippen molar-refractivity contribution in [1.82, 2.24) is 0 Å². The topological polar surface area (TPSA) is 18.5 Å². The van der Waals surface area contributed by atoms with E-state index in [1.54, 1.807) is 0 Å². The molecule has 126 valence electrons. The van der Waals surface area contributed by atoms with Gasteiger partial charge in [0.1, 0.15) is 5.75 Å². The molecule has 0 aromatic heterocycles. The molecule has 3 heteroatoms. The van der Waals surface area contributed by atoms with Crippen molar-refractivity contribution in [2.24, 2.45) is 0 Å². The van der Waals surface area contributed by atoms with Crippen LogP contribution in [0.3, 0.4) is 0 Å². The molecule has 0 saturated heterocycles. The number of hydrogen-bond acceptors (Lipinski definition) is 2. The largest absolute Gasteiger partial charge is 0.469 e. The summed E-state index contributed by atoms with van der Waals surface area (Å²) >= 11 is 0. The highest BCUT2D eigenvalue weighted by Gasteiger charge is 2.09. The number of rotatable bonds is 14. The molecule has 2 nitrogen and oxygen atoms in total. The van der Waals surface area contributed by atoms with Gasteiger partial charge in [0, 0.05) is 0 Å². The quantitative estimate of drug-likeness (QED) is 0.240. The first-order valence-electron chi connectivity index (χ1n) is 9.16. The predicted molar refractivity (Wildman–Crippen MR) is 98.1 cm³/mol. The number of para-hydroxylation sites is 1. The van der Waals surface area contributed by atoms with E-state index in [0.29, 0.717) is 6.79 Å². The lowest BCUT2D eigenvalue weighted by Gasteiger charge is -2.15. The molecule has 0 fully saturated rings. The summed E-state index contributed by atoms with van der Waals surface area (Å²) in [6.45, 7) is 4.95. The van der Waals surface area contributed by atoms with Gasteiger partial charge in [0.25, 0.3) is 0 Å². The molecule has 0 aliphatic rings. The fraction of sp³-hybridized carbons (Fsp3) is 0.684. The molecule has 0 aliphatic heterocycles. The number of unbranched alkanes of at least 4 members (excludes halogenated alkanes) is 7. The number of hydrogen-bond donors (Lipinski definition) is 0. The molecule has 0 N–H and O–H groups in total. The first kappa shape index (κ1) is 19.2. The third-order valence-corrected chi connectivity index (χ3v) is 6.68. The van der Waals surface area contributed by atoms with Crippen molar-refractivity contribution < 1.29 is 9.16 Å². The van der Waals surface area contributed by atoms with E-state index in [1.807, 2.05) is 30.3 Å². The number of ether oxygens (including phenoxy) is 1. The van der Waals surface area contributed by atoms with Crippen molar-refractivity contribution in [3.63, 3.8) is 0 Å². The van der Waals surface area contributed by atoms with Gasteiger partial charge in [-0.3, -0.25) is 0 Å². The molecule has 1 atom stereocenters. The van der Waals surface area contributed by atoms with Gasteiger partial charge in [-0.2, -0.15) is 0 Å². The summed E-state index contributed by atoms with van der Waals surface area (Å²) in [5.74, 6) is 0.901. The molecule has 0 aliphatic carbocycles. The van der Waals surface area contributed by atoms with E-state index in [-0.39, 0.29) is 0 Å². The van der Waals surface area contributed by atoms with Gasteiger partial charge in [0.05, 0.1) is 0 Å². The molecule has 0 radical (unpaired) electrons. The Morgan fingerprint density at radius 1 is 0.818 bits per heavy atom. The Labute approximate surface area is 139 Å². The maximum absolute atomic E-state index is 5.97. The van der Waals surface area contributed by atoms with E-state index >= 15 is 0 Å². The summed E-state index contributed by atoms with van der Waals surface area (Å²) < 4.78 is 11.6. The van der Waals surface area contributed by atoms with Gasteiger partial charge < -0.3 is 9.16 Å². The molecular formula is C19H34O2Si. The monoisotopic (exact) mass is 322 g/mol. The Morgan fingerprint density at radius 2 is 1.45 bits per heavy atom. The zero-order valence-electron chi connectivity index (χ0n) is 14.6. The van der Waals surface area contributed by atoms with Crippen LogP contribution in [0.15, 0.2) is 30.3 Å². The van der Waals surface area contributed by atoms with Crippen molar-refractivity contribution in [3.8, 4) is 5.75 Å². The molecule has 1 aromatic carbocycles. The van der Waals surface area contributed by atoms with Crippen molar-refractivity contribution in [3.05, 3.63) is 30.3 Å². The van der Waals surface area contributed by atoms with Gasteiger partial charge in [-0.1, -0.05) is 83.4 Å². The Morgan fingerprint density at radius 3 is 2.09 bits per heavy atom. The van der Waals surface area contributed by atoms with Crippen LogP contribution in [0.2, 0.25) is 12.1 Å². The summed E-state index contributed by atoms with van der Waals surface area (Å²) in [6.07, 6.45) is 11.1. The molecule has 1 aromatic rings. The third-order valence-electron chi connectivity index (χ3n) is 4.11. The van der Waals surface area contributed by atoms with E-state index in [4.69, 9.17) is 9.16 Å². The Kier molecular flexibility index (Phi) is 12.1. The van der Waals surface area contributed by atoms with E-state index in [0.717, 1.165) is 5.75 Å². The lowest BCUT2D eigenvalue weighted by atomic mass is 10.1. The molecule has 0 saturated carbocycles. The van der Waals surface area contributed by atoms with Gasteiger partial charge in [0.15, 0.2) is 15.8 Å². The fourth-order valence-corrected chi connectivity index (χ4v) is 4.44. The maximum Gasteiger partial charge on any atom is 0.181 e. The Bertz CT molecular complexity index is 343. The van der Waals surface area contributed by atoms with Crippen LogP contribution < -0.4 is 4.74 Å². The molecule has 0 bridgehead atoms. The fourth-order valence-electron chi connectivity index (χ4n) is 2.63. The van der Waals surface area contributed by atoms with Crippen molar-refractivity contribution in [2.75, 3.05) is 6.79 Å². The second-order valence-electron chi connectivity index (χ2n) is 6.04. The summed E-state index contributed by atoms with van der Waals surface area (Å²) in [7, 11) is -1.05. The zero-order valence-corrected chi connectivity index (χ0v) is 15.7. The van der Waals surface area contributed by atoms with Gasteiger partial charge in [-0.05, 0) is 24.2 Å². The van der Waals surface area contributed by atoms with Crippen molar-refractivity contribution in [2.45, 2.75) is 77.3 Å². The van der Waals surface area contributed by atoms with Crippen molar-refractivity contribution >= 4 is 9.04 Å². The van der Waals surface area contributed by atoms with Crippen LogP contribution in [0.4, 0.5) is 0 Å². The summed E-state index contributed by atoms with van der Waals surface area (Å²) in [6, 6.07) is 12.4. The van der Waals surface area contributed by atoms with Crippen LogP contribution in [0.1, 0.15) is 65.2 Å². The van der Waals surface area contributed by atoms with Crippen LogP contribution in [-0.4, -0.2) is 15.8 Å². The first-order valence-corrected chi connectivity index (χ1v) is 11.3. The molecule has 22 heavy (non-hydrogen) atoms. The van der Waals surface area contributed by atoms with Crippen molar-refractivity contribution in [1.29, 1.82) is 0 Å². The SMILES string of the molecule is CCCCCCCCCC[SiH](CC)OCOc1ccccc1. The molecule has 0 amide bonds. The molecule has 1 unspecified atom stereocenters. The number of benzene rings is 1. The summed E-state index contributed by atoms with van der Waals surface area (Å²) in [4.78, 5) is 0. The summed E-state index contributed by atoms with van der Waals surface area (Å²) in [5.41, 5.74) is 0. The Balaban J connectivity index is 1.98. The second-order valence-corrected chi connectivity index (χ2v) is 9.01. The second kappa shape index (κ2) is 13.8. The van der Waals surface area contributed by atoms with E-state index in [2.05, 4.69) is 13.8 Å². The minimum Gasteiger partial charge on any atom is -0.469 e. The third kappa shape index (κ3) is 10.0. The van der Waals surface area contributed by atoms with E-state index in [9.17, 15) is 0 Å². The van der Waals surface area contributed by atoms with Crippen LogP contribution in [0.25, 0.3) is 0 Å². The highest BCUT2D eigenvalue weighted by atomic mass is 28.3. The van der Waals surface area contributed by atoms with Crippen LogP contribution in [0.5, 0.6) is 5.75 Å². The van der Waals surface area contributed by atoms with Crippen LogP contribution in [-0.2, 0) is 4.43 Å². The predicted octanol–water partition coefficient (Wildman–Crippen LogP) is 5.92. The average Bonchev–Trinajstić information content (AvgIpc) is 2.56. The highest BCUT2D eigenvalue weighted by Crippen LogP contribution is 2.14. The molecule has 0 heterocycles. The minimum absolute atomic E-state index is 0.422. The zero-order chi connectivity index (χ0) is 15.9. The van der Waals surface area contributed by atoms with Gasteiger partial charge >= 0.3 is 0 Å². The standard InChI is InChI=1S/C19H34O2Si/c1-3-5-6-7-8-9-10-14-17-22(4-2)21-18-20-19-15-12-11-13-16-19/h11-13,15-16,22H,3-10,14,17-18H2,1-2H3. The summed E-state index contributed by atoms with van der Waals surface area (Å²) in [5, 5.41) is 0. The maximum atomic E-state index is 5.97. The lowest BCUT2D eigenvalue weighted by molar-refractivity contribution is 0.117. The molecule has 1 rings (SSSR count). The minimum atomic E-state index is -1.05. The van der Waals surface area contributed by atoms with Gasteiger partial charge in [-0.25, -0.2) is 0 Å². The lowest BCUT2D eigenvalue weighted by Crippen LogP contribution is -2.19. The van der Waals surface area contributed by atoms with E-state index < -0.39 is 9.04 Å². The van der Waals surface area contributed by atoms with Gasteiger partial charge in [-0.15, -0.1) is 0 Å². The average molecular weight is 323 g/mol. The van der Waals surface area contributed by atoms with Gasteiger partial charge in [0.2, 0.25) is 0 Å². The van der Waals surface area contributed by atoms with Crippen LogP contribution >= 0.6 is 0 Å². The smallest absolute Gasteiger partial charge is 0.181 e. The molecule has 0 spiro atoms. The normalized spacial score (nSPS) is 12.3. The first-order chi connectivity index (χ1) is 10.9. The highest BCUT2D eigenvalue weighted by molar-refractivity contribution is 6.51. The van der Waals surface area contributed by atoms with E-state index in [1.165, 1.54) is 63.5 Å². The van der Waals surface area contributed by atoms with Crippen LogP contribution in [0, 0.1) is 0 Å². The Hall–Kier alpha value is -0.803. The molecular weight excluding hydrogens is 288 g/mol.